The minimum Gasteiger partial charge on any atom is -0.496 e. The molecule has 0 aromatic carbocycles. The number of alkyl halides is 2. The fourth-order valence-corrected chi connectivity index (χ4v) is 1.25. The monoisotopic (exact) mass is 228 g/mol. The van der Waals surface area contributed by atoms with Gasteiger partial charge in [0.15, 0.2) is 0 Å². The molecular formula is C10H10F2N2O2. The summed E-state index contributed by atoms with van der Waals surface area (Å²) in [4.78, 5) is 3.81. The molecule has 0 radical (unpaired) electrons. The van der Waals surface area contributed by atoms with Gasteiger partial charge in [0.2, 0.25) is 5.88 Å². The van der Waals surface area contributed by atoms with Crippen LogP contribution in [0.25, 0.3) is 0 Å². The van der Waals surface area contributed by atoms with Gasteiger partial charge < -0.3 is 9.47 Å². The van der Waals surface area contributed by atoms with Crippen molar-refractivity contribution >= 4 is 0 Å². The van der Waals surface area contributed by atoms with Gasteiger partial charge in [-0.25, -0.2) is 13.8 Å². The van der Waals surface area contributed by atoms with E-state index in [0.717, 1.165) is 0 Å². The van der Waals surface area contributed by atoms with Crippen molar-refractivity contribution in [3.8, 4) is 17.7 Å². The largest absolute Gasteiger partial charge is 0.496 e. The molecule has 86 valence electrons. The van der Waals surface area contributed by atoms with Gasteiger partial charge >= 0.3 is 0 Å². The molecule has 0 fully saturated rings. The van der Waals surface area contributed by atoms with Crippen LogP contribution < -0.4 is 9.47 Å². The minimum absolute atomic E-state index is 0.0102. The van der Waals surface area contributed by atoms with Gasteiger partial charge in [-0.2, -0.15) is 5.26 Å². The lowest BCUT2D eigenvalue weighted by Crippen LogP contribution is -2.02. The minimum atomic E-state index is -2.74. The molecule has 6 heteroatoms. The van der Waals surface area contributed by atoms with Crippen LogP contribution in [0.15, 0.2) is 6.07 Å². The molecule has 0 aliphatic carbocycles. The number of hydrogen-bond acceptors (Lipinski definition) is 4. The van der Waals surface area contributed by atoms with E-state index in [4.69, 9.17) is 14.7 Å². The van der Waals surface area contributed by atoms with Crippen LogP contribution in [0, 0.1) is 11.3 Å². The molecule has 0 spiro atoms. The maximum Gasteiger partial charge on any atom is 0.272 e. The zero-order valence-corrected chi connectivity index (χ0v) is 8.83. The smallest absolute Gasteiger partial charge is 0.272 e. The first-order chi connectivity index (χ1) is 7.63. The number of nitrogens with zero attached hydrogens (tertiary/aromatic N) is 2. The molecule has 1 aromatic rings. The van der Waals surface area contributed by atoms with Crippen molar-refractivity contribution in [3.05, 3.63) is 17.3 Å². The van der Waals surface area contributed by atoms with E-state index < -0.39 is 12.0 Å². The van der Waals surface area contributed by atoms with E-state index in [2.05, 4.69) is 4.98 Å². The second-order valence-corrected chi connectivity index (χ2v) is 2.87. The van der Waals surface area contributed by atoms with E-state index in [9.17, 15) is 8.78 Å². The molecule has 0 atom stereocenters. The van der Waals surface area contributed by atoms with Crippen molar-refractivity contribution < 1.29 is 18.3 Å². The summed E-state index contributed by atoms with van der Waals surface area (Å²) in [5.74, 6) is -0.230. The Morgan fingerprint density at radius 1 is 1.44 bits per heavy atom. The van der Waals surface area contributed by atoms with Crippen LogP contribution in [0.4, 0.5) is 8.78 Å². The zero-order chi connectivity index (χ0) is 12.1. The molecule has 1 aromatic heterocycles. The SMILES string of the molecule is COc1cc(CC#N)nc(OC)c1C(F)F. The van der Waals surface area contributed by atoms with Crippen molar-refractivity contribution in [1.82, 2.24) is 4.98 Å². The summed E-state index contributed by atoms with van der Waals surface area (Å²) in [6, 6.07) is 3.19. The summed E-state index contributed by atoms with van der Waals surface area (Å²) in [6.07, 6.45) is -2.73. The second-order valence-electron chi connectivity index (χ2n) is 2.87. The van der Waals surface area contributed by atoms with Gasteiger partial charge in [-0.05, 0) is 0 Å². The molecule has 4 nitrogen and oxygen atoms in total. The molecule has 16 heavy (non-hydrogen) atoms. The van der Waals surface area contributed by atoms with Gasteiger partial charge in [0.1, 0.15) is 11.3 Å². The van der Waals surface area contributed by atoms with Crippen LogP contribution in [-0.2, 0) is 6.42 Å². The van der Waals surface area contributed by atoms with E-state index in [-0.39, 0.29) is 18.1 Å². The maximum absolute atomic E-state index is 12.7. The number of ether oxygens (including phenoxy) is 2. The van der Waals surface area contributed by atoms with Crippen molar-refractivity contribution in [1.29, 1.82) is 5.26 Å². The Balaban J connectivity index is 3.32. The number of halogens is 2. The Labute approximate surface area is 91.4 Å². The highest BCUT2D eigenvalue weighted by atomic mass is 19.3. The average Bonchev–Trinajstić information content (AvgIpc) is 2.27. The fraction of sp³-hybridized carbons (Fsp3) is 0.400. The van der Waals surface area contributed by atoms with Crippen molar-refractivity contribution in [2.45, 2.75) is 12.8 Å². The van der Waals surface area contributed by atoms with Crippen LogP contribution in [0.5, 0.6) is 11.6 Å². The Hall–Kier alpha value is -1.90. The number of rotatable bonds is 4. The summed E-state index contributed by atoms with van der Waals surface area (Å²) in [5, 5.41) is 8.51. The lowest BCUT2D eigenvalue weighted by atomic mass is 10.2. The van der Waals surface area contributed by atoms with Gasteiger partial charge in [-0.3, -0.25) is 0 Å². The molecule has 0 aliphatic heterocycles. The van der Waals surface area contributed by atoms with Gasteiger partial charge in [0.25, 0.3) is 6.43 Å². The molecule has 1 heterocycles. The van der Waals surface area contributed by atoms with Crippen LogP contribution in [0.1, 0.15) is 17.7 Å². The Morgan fingerprint density at radius 2 is 2.12 bits per heavy atom. The standard InChI is InChI=1S/C10H10F2N2O2/c1-15-7-5-6(3-4-13)14-10(16-2)8(7)9(11)12/h5,9H,3H2,1-2H3. The lowest BCUT2D eigenvalue weighted by molar-refractivity contribution is 0.141. The lowest BCUT2D eigenvalue weighted by Gasteiger charge is -2.12. The van der Waals surface area contributed by atoms with Crippen LogP contribution in [-0.4, -0.2) is 19.2 Å². The van der Waals surface area contributed by atoms with E-state index in [1.54, 1.807) is 0 Å². The predicted molar refractivity (Wildman–Crippen MR) is 51.6 cm³/mol. The molecule has 0 N–H and O–H groups in total. The van der Waals surface area contributed by atoms with Crippen molar-refractivity contribution in [2.24, 2.45) is 0 Å². The first-order valence-corrected chi connectivity index (χ1v) is 4.41. The third-order valence-electron chi connectivity index (χ3n) is 1.93. The molecule has 0 aliphatic rings. The number of pyridine rings is 1. The summed E-state index contributed by atoms with van der Waals surface area (Å²) < 4.78 is 35.0. The topological polar surface area (TPSA) is 55.1 Å². The quantitative estimate of drug-likeness (QED) is 0.791. The molecule has 1 rings (SSSR count). The average molecular weight is 228 g/mol. The Kier molecular flexibility index (Phi) is 4.00. The van der Waals surface area contributed by atoms with Crippen LogP contribution >= 0.6 is 0 Å². The third-order valence-corrected chi connectivity index (χ3v) is 1.93. The zero-order valence-electron chi connectivity index (χ0n) is 8.83. The molecular weight excluding hydrogens is 218 g/mol. The normalized spacial score (nSPS) is 10.0. The molecule has 0 amide bonds. The molecule has 0 bridgehead atoms. The van der Waals surface area contributed by atoms with Gasteiger partial charge in [-0.1, -0.05) is 0 Å². The highest BCUT2D eigenvalue weighted by Crippen LogP contribution is 2.36. The maximum atomic E-state index is 12.7. The van der Waals surface area contributed by atoms with Crippen molar-refractivity contribution in [3.63, 3.8) is 0 Å². The molecule has 0 saturated heterocycles. The number of aromatic nitrogens is 1. The Bertz CT molecular complexity index is 391. The second kappa shape index (κ2) is 5.26. The van der Waals surface area contributed by atoms with Gasteiger partial charge in [0.05, 0.1) is 32.4 Å². The van der Waals surface area contributed by atoms with Gasteiger partial charge in [-0.15, -0.1) is 0 Å². The Morgan fingerprint density at radius 3 is 2.56 bits per heavy atom. The summed E-state index contributed by atoms with van der Waals surface area (Å²) in [5.41, 5.74) is -0.0627. The molecule has 0 saturated carbocycles. The fourth-order valence-electron chi connectivity index (χ4n) is 1.25. The highest BCUT2D eigenvalue weighted by Gasteiger charge is 2.22. The first kappa shape index (κ1) is 12.2. The summed E-state index contributed by atoms with van der Waals surface area (Å²) in [6.45, 7) is 0. The van der Waals surface area contributed by atoms with E-state index in [0.29, 0.717) is 5.69 Å². The summed E-state index contributed by atoms with van der Waals surface area (Å²) >= 11 is 0. The van der Waals surface area contributed by atoms with Crippen LogP contribution in [0.3, 0.4) is 0 Å². The van der Waals surface area contributed by atoms with E-state index in [1.165, 1.54) is 20.3 Å². The van der Waals surface area contributed by atoms with Crippen molar-refractivity contribution in [2.75, 3.05) is 14.2 Å². The highest BCUT2D eigenvalue weighted by molar-refractivity contribution is 5.43. The number of hydrogen-bond donors (Lipinski definition) is 0. The molecule has 0 unspecified atom stereocenters. The predicted octanol–water partition coefficient (Wildman–Crippen LogP) is 2.10. The first-order valence-electron chi connectivity index (χ1n) is 4.41. The number of nitriles is 1. The summed E-state index contributed by atoms with van der Waals surface area (Å²) in [7, 11) is 2.51. The number of methoxy groups -OCH3 is 2. The van der Waals surface area contributed by atoms with Gasteiger partial charge in [0, 0.05) is 6.07 Å². The van der Waals surface area contributed by atoms with E-state index >= 15 is 0 Å². The van der Waals surface area contributed by atoms with E-state index in [1.807, 2.05) is 6.07 Å². The third kappa shape index (κ3) is 2.37. The van der Waals surface area contributed by atoms with Crippen LogP contribution in [0.2, 0.25) is 0 Å².